The number of hydrogen-bond acceptors (Lipinski definition) is 6. The molecule has 1 aliphatic heterocycles. The molecule has 134 valence electrons. The van der Waals surface area contributed by atoms with E-state index in [4.69, 9.17) is 5.73 Å². The van der Waals surface area contributed by atoms with Crippen LogP contribution in [-0.4, -0.2) is 43.4 Å². The van der Waals surface area contributed by atoms with E-state index in [1.165, 1.54) is 0 Å². The Labute approximate surface area is 155 Å². The van der Waals surface area contributed by atoms with Crippen LogP contribution in [0.25, 0.3) is 0 Å². The summed E-state index contributed by atoms with van der Waals surface area (Å²) in [5.41, 5.74) is 9.17. The van der Waals surface area contributed by atoms with Gasteiger partial charge in [-0.15, -0.1) is 11.3 Å². The fraction of sp³-hybridized carbons (Fsp3) is 0.333. The van der Waals surface area contributed by atoms with Crippen molar-refractivity contribution in [3.05, 3.63) is 58.7 Å². The minimum Gasteiger partial charge on any atom is -0.384 e. The lowest BCUT2D eigenvalue weighted by atomic mass is 9.96. The van der Waals surface area contributed by atoms with Gasteiger partial charge in [0.25, 0.3) is 5.91 Å². The first-order chi connectivity index (χ1) is 12.7. The second-order valence-corrected chi connectivity index (χ2v) is 7.17. The predicted molar refractivity (Wildman–Crippen MR) is 100.0 cm³/mol. The smallest absolute Gasteiger partial charge is 0.254 e. The van der Waals surface area contributed by atoms with Crippen LogP contribution in [0.2, 0.25) is 0 Å². The molecule has 0 unspecified atom stereocenters. The molecular weight excluding hydrogens is 348 g/mol. The summed E-state index contributed by atoms with van der Waals surface area (Å²) in [6.45, 7) is 2.13. The monoisotopic (exact) mass is 368 g/mol. The highest BCUT2D eigenvalue weighted by molar-refractivity contribution is 7.07. The van der Waals surface area contributed by atoms with Crippen LogP contribution in [0.4, 0.5) is 5.82 Å². The van der Waals surface area contributed by atoms with Crippen molar-refractivity contribution in [3.8, 4) is 0 Å². The normalized spacial score (nSPS) is 17.4. The van der Waals surface area contributed by atoms with Gasteiger partial charge in [-0.2, -0.15) is 0 Å². The fourth-order valence-corrected chi connectivity index (χ4v) is 3.99. The van der Waals surface area contributed by atoms with Crippen molar-refractivity contribution in [3.63, 3.8) is 0 Å². The first kappa shape index (κ1) is 16.7. The van der Waals surface area contributed by atoms with Gasteiger partial charge in [0, 0.05) is 48.5 Å². The molecule has 1 atom stereocenters. The van der Waals surface area contributed by atoms with E-state index >= 15 is 0 Å². The third-order valence-electron chi connectivity index (χ3n) is 4.67. The van der Waals surface area contributed by atoms with E-state index in [0.717, 1.165) is 30.9 Å². The molecular formula is C18H20N6OS. The fourth-order valence-electron chi connectivity index (χ4n) is 3.44. The van der Waals surface area contributed by atoms with Crippen LogP contribution >= 0.6 is 11.3 Å². The lowest BCUT2D eigenvalue weighted by molar-refractivity contribution is 0.0703. The van der Waals surface area contributed by atoms with E-state index in [2.05, 4.69) is 19.5 Å². The number of pyridine rings is 1. The van der Waals surface area contributed by atoms with E-state index in [-0.39, 0.29) is 11.8 Å². The SMILES string of the molecule is Nc1cc(C(=O)N2CCC[C@H](c3nccn3Cc3cscn3)C2)ccn1. The molecule has 0 radical (unpaired) electrons. The molecule has 0 bridgehead atoms. The molecule has 1 aliphatic rings. The molecule has 0 aliphatic carbocycles. The zero-order valence-electron chi connectivity index (χ0n) is 14.3. The van der Waals surface area contributed by atoms with Gasteiger partial charge in [-0.1, -0.05) is 0 Å². The third-order valence-corrected chi connectivity index (χ3v) is 5.30. The molecule has 1 saturated heterocycles. The Balaban J connectivity index is 1.51. The lowest BCUT2D eigenvalue weighted by Crippen LogP contribution is -2.39. The van der Waals surface area contributed by atoms with E-state index in [1.54, 1.807) is 29.7 Å². The van der Waals surface area contributed by atoms with Crippen molar-refractivity contribution in [2.24, 2.45) is 0 Å². The Hall–Kier alpha value is -2.74. The summed E-state index contributed by atoms with van der Waals surface area (Å²) in [5, 5.41) is 2.05. The summed E-state index contributed by atoms with van der Waals surface area (Å²) in [7, 11) is 0. The van der Waals surface area contributed by atoms with Crippen molar-refractivity contribution in [2.45, 2.75) is 25.3 Å². The Kier molecular flexibility index (Phi) is 4.66. The summed E-state index contributed by atoms with van der Waals surface area (Å²) < 4.78 is 2.14. The Morgan fingerprint density at radius 3 is 3.04 bits per heavy atom. The maximum absolute atomic E-state index is 12.8. The van der Waals surface area contributed by atoms with Crippen molar-refractivity contribution >= 4 is 23.1 Å². The van der Waals surface area contributed by atoms with E-state index < -0.39 is 0 Å². The minimum absolute atomic E-state index is 0.00130. The highest BCUT2D eigenvalue weighted by Crippen LogP contribution is 2.27. The standard InChI is InChI=1S/C18H20N6OS/c19-16-8-13(3-4-20-16)18(25)24-6-1-2-14(9-24)17-21-5-7-23(17)10-15-11-26-12-22-15/h3-5,7-8,11-12,14H,1-2,6,9-10H2,(H2,19,20)/t14-/m0/s1. The predicted octanol–water partition coefficient (Wildman–Crippen LogP) is 2.38. The van der Waals surface area contributed by atoms with Gasteiger partial charge in [0.2, 0.25) is 0 Å². The number of likely N-dealkylation sites (tertiary alicyclic amines) is 1. The number of hydrogen-bond donors (Lipinski definition) is 1. The second-order valence-electron chi connectivity index (χ2n) is 6.45. The van der Waals surface area contributed by atoms with Gasteiger partial charge in [-0.05, 0) is 25.0 Å². The zero-order valence-corrected chi connectivity index (χ0v) is 15.1. The van der Waals surface area contributed by atoms with E-state index in [9.17, 15) is 4.79 Å². The van der Waals surface area contributed by atoms with Crippen LogP contribution in [0.3, 0.4) is 0 Å². The first-order valence-electron chi connectivity index (χ1n) is 8.59. The number of imidazole rings is 1. The molecule has 8 heteroatoms. The summed E-state index contributed by atoms with van der Waals surface area (Å²) in [6, 6.07) is 3.35. The summed E-state index contributed by atoms with van der Waals surface area (Å²) >= 11 is 1.59. The van der Waals surface area contributed by atoms with Gasteiger partial charge in [0.15, 0.2) is 0 Å². The number of amides is 1. The van der Waals surface area contributed by atoms with Gasteiger partial charge in [-0.3, -0.25) is 4.79 Å². The molecule has 4 heterocycles. The van der Waals surface area contributed by atoms with Crippen molar-refractivity contribution in [1.29, 1.82) is 0 Å². The quantitative estimate of drug-likeness (QED) is 0.764. The highest BCUT2D eigenvalue weighted by atomic mass is 32.1. The average molecular weight is 368 g/mol. The number of nitrogens with two attached hydrogens (primary N) is 1. The van der Waals surface area contributed by atoms with Gasteiger partial charge in [0.1, 0.15) is 11.6 Å². The number of piperidine rings is 1. The molecule has 3 aromatic heterocycles. The van der Waals surface area contributed by atoms with Gasteiger partial charge in [-0.25, -0.2) is 15.0 Å². The summed E-state index contributed by atoms with van der Waals surface area (Å²) in [6.07, 6.45) is 7.37. The number of nitrogens with zero attached hydrogens (tertiary/aromatic N) is 5. The Morgan fingerprint density at radius 2 is 2.23 bits per heavy atom. The van der Waals surface area contributed by atoms with E-state index in [1.807, 2.05) is 28.2 Å². The highest BCUT2D eigenvalue weighted by Gasteiger charge is 2.28. The van der Waals surface area contributed by atoms with Crippen LogP contribution < -0.4 is 5.73 Å². The number of carbonyl (C=O) groups is 1. The van der Waals surface area contributed by atoms with Crippen LogP contribution in [0, 0.1) is 0 Å². The number of nitrogen functional groups attached to an aromatic ring is 1. The van der Waals surface area contributed by atoms with Gasteiger partial charge < -0.3 is 15.2 Å². The zero-order chi connectivity index (χ0) is 17.9. The van der Waals surface area contributed by atoms with Gasteiger partial charge >= 0.3 is 0 Å². The largest absolute Gasteiger partial charge is 0.384 e. The van der Waals surface area contributed by atoms with Crippen molar-refractivity contribution < 1.29 is 4.79 Å². The average Bonchev–Trinajstić information content (AvgIpc) is 3.34. The number of thiazole rings is 1. The molecule has 7 nitrogen and oxygen atoms in total. The third kappa shape index (κ3) is 3.45. The maximum atomic E-state index is 12.8. The topological polar surface area (TPSA) is 89.9 Å². The molecule has 0 saturated carbocycles. The van der Waals surface area contributed by atoms with E-state index in [0.29, 0.717) is 24.5 Å². The number of rotatable bonds is 4. The number of carbonyl (C=O) groups excluding carboxylic acids is 1. The van der Waals surface area contributed by atoms with Crippen LogP contribution in [0.15, 0.2) is 41.6 Å². The van der Waals surface area contributed by atoms with Crippen LogP contribution in [0.5, 0.6) is 0 Å². The summed E-state index contributed by atoms with van der Waals surface area (Å²) in [5.74, 6) is 1.61. The minimum atomic E-state index is 0.00130. The van der Waals surface area contributed by atoms with Gasteiger partial charge in [0.05, 0.1) is 17.7 Å². The molecule has 3 aromatic rings. The second kappa shape index (κ2) is 7.25. The Bertz CT molecular complexity index is 891. The molecule has 1 fully saturated rings. The van der Waals surface area contributed by atoms with Crippen LogP contribution in [0.1, 0.15) is 40.6 Å². The molecule has 1 amide bonds. The molecule has 0 aromatic carbocycles. The van der Waals surface area contributed by atoms with Crippen molar-refractivity contribution in [1.82, 2.24) is 24.4 Å². The van der Waals surface area contributed by atoms with Crippen LogP contribution in [-0.2, 0) is 6.54 Å². The lowest BCUT2D eigenvalue weighted by Gasteiger charge is -2.32. The molecule has 0 spiro atoms. The molecule has 2 N–H and O–H groups in total. The Morgan fingerprint density at radius 1 is 1.31 bits per heavy atom. The number of anilines is 1. The first-order valence-corrected chi connectivity index (χ1v) is 9.54. The molecule has 26 heavy (non-hydrogen) atoms. The van der Waals surface area contributed by atoms with Crippen molar-refractivity contribution in [2.75, 3.05) is 18.8 Å². The molecule has 4 rings (SSSR count). The summed E-state index contributed by atoms with van der Waals surface area (Å²) in [4.78, 5) is 27.6. The number of aromatic nitrogens is 4. The maximum Gasteiger partial charge on any atom is 0.254 e.